The second-order valence-corrected chi connectivity index (χ2v) is 4.46. The largest absolute Gasteiger partial charge is 0.435 e. The SMILES string of the molecule is C[C@H](C(=O)Nc1ccc(OC(F)F)cc1OC(F)F)n1cncn1. The van der Waals surface area contributed by atoms with Crippen LogP contribution in [-0.2, 0) is 4.79 Å². The topological polar surface area (TPSA) is 78.3 Å². The van der Waals surface area contributed by atoms with Gasteiger partial charge in [0, 0.05) is 6.07 Å². The van der Waals surface area contributed by atoms with Crippen molar-refractivity contribution < 1.29 is 31.8 Å². The van der Waals surface area contributed by atoms with Gasteiger partial charge in [-0.2, -0.15) is 22.7 Å². The van der Waals surface area contributed by atoms with Crippen LogP contribution in [-0.4, -0.2) is 33.9 Å². The van der Waals surface area contributed by atoms with Gasteiger partial charge in [-0.15, -0.1) is 0 Å². The number of carbonyl (C=O) groups is 1. The number of anilines is 1. The molecule has 2 aromatic rings. The van der Waals surface area contributed by atoms with Crippen molar-refractivity contribution in [3.8, 4) is 11.5 Å². The first-order valence-electron chi connectivity index (χ1n) is 6.55. The van der Waals surface area contributed by atoms with Gasteiger partial charge in [0.05, 0.1) is 5.69 Å². The molecule has 0 aliphatic rings. The van der Waals surface area contributed by atoms with Crippen LogP contribution >= 0.6 is 0 Å². The van der Waals surface area contributed by atoms with Crippen LogP contribution in [0.15, 0.2) is 30.9 Å². The molecule has 2 rings (SSSR count). The standard InChI is InChI=1S/C13H12F4N4O3/c1-7(21-6-18-5-19-21)11(22)20-9-3-2-8(23-12(14)15)4-10(9)24-13(16)17/h2-7,12-13H,1H3,(H,20,22)/t7-/m1/s1. The summed E-state index contributed by atoms with van der Waals surface area (Å²) in [6.07, 6.45) is 2.53. The predicted molar refractivity (Wildman–Crippen MR) is 73.1 cm³/mol. The first-order chi connectivity index (χ1) is 11.4. The van der Waals surface area contributed by atoms with Crippen LogP contribution < -0.4 is 14.8 Å². The molecule has 7 nitrogen and oxygen atoms in total. The van der Waals surface area contributed by atoms with Gasteiger partial charge in [0.15, 0.2) is 5.75 Å². The summed E-state index contributed by atoms with van der Waals surface area (Å²) < 4.78 is 58.9. The number of nitrogens with one attached hydrogen (secondary N) is 1. The van der Waals surface area contributed by atoms with E-state index < -0.39 is 30.9 Å². The highest BCUT2D eigenvalue weighted by molar-refractivity contribution is 5.94. The van der Waals surface area contributed by atoms with E-state index in [0.717, 1.165) is 18.2 Å². The Balaban J connectivity index is 2.19. The quantitative estimate of drug-likeness (QED) is 0.779. The van der Waals surface area contributed by atoms with Crippen molar-refractivity contribution in [2.24, 2.45) is 0 Å². The van der Waals surface area contributed by atoms with Crippen molar-refractivity contribution in [3.63, 3.8) is 0 Å². The van der Waals surface area contributed by atoms with Crippen molar-refractivity contribution >= 4 is 11.6 Å². The maximum Gasteiger partial charge on any atom is 0.387 e. The van der Waals surface area contributed by atoms with Gasteiger partial charge in [-0.25, -0.2) is 9.67 Å². The highest BCUT2D eigenvalue weighted by atomic mass is 19.3. The highest BCUT2D eigenvalue weighted by Crippen LogP contribution is 2.32. The lowest BCUT2D eigenvalue weighted by molar-refractivity contribution is -0.119. The normalized spacial score (nSPS) is 12.3. The van der Waals surface area contributed by atoms with Gasteiger partial charge in [0.25, 0.3) is 0 Å². The molecule has 0 aliphatic heterocycles. The third kappa shape index (κ3) is 4.57. The zero-order chi connectivity index (χ0) is 17.7. The van der Waals surface area contributed by atoms with Gasteiger partial charge >= 0.3 is 13.2 Å². The number of alkyl halides is 4. The van der Waals surface area contributed by atoms with Crippen LogP contribution in [0.4, 0.5) is 23.2 Å². The van der Waals surface area contributed by atoms with E-state index in [2.05, 4.69) is 24.9 Å². The third-order valence-corrected chi connectivity index (χ3v) is 2.87. The van der Waals surface area contributed by atoms with Crippen molar-refractivity contribution in [1.82, 2.24) is 14.8 Å². The first kappa shape index (κ1) is 17.5. The molecule has 1 aromatic heterocycles. The van der Waals surface area contributed by atoms with E-state index in [1.807, 2.05) is 0 Å². The third-order valence-electron chi connectivity index (χ3n) is 2.87. The molecule has 0 radical (unpaired) electrons. The molecule has 1 heterocycles. The van der Waals surface area contributed by atoms with Crippen LogP contribution in [0.25, 0.3) is 0 Å². The summed E-state index contributed by atoms with van der Waals surface area (Å²) in [6, 6.07) is 2.24. The fraction of sp³-hybridized carbons (Fsp3) is 0.308. The van der Waals surface area contributed by atoms with Crippen LogP contribution in [0, 0.1) is 0 Å². The van der Waals surface area contributed by atoms with E-state index in [4.69, 9.17) is 0 Å². The molecule has 24 heavy (non-hydrogen) atoms. The van der Waals surface area contributed by atoms with Gasteiger partial charge < -0.3 is 14.8 Å². The first-order valence-corrected chi connectivity index (χ1v) is 6.55. The summed E-state index contributed by atoms with van der Waals surface area (Å²) in [5, 5.41) is 6.14. The van der Waals surface area contributed by atoms with Crippen LogP contribution in [0.2, 0.25) is 0 Å². The number of ether oxygens (including phenoxy) is 2. The van der Waals surface area contributed by atoms with E-state index in [1.165, 1.54) is 24.3 Å². The number of aromatic nitrogens is 3. The molecule has 0 fully saturated rings. The zero-order valence-electron chi connectivity index (χ0n) is 12.2. The lowest BCUT2D eigenvalue weighted by Gasteiger charge is -2.16. The Labute approximate surface area is 133 Å². The predicted octanol–water partition coefficient (Wildman–Crippen LogP) is 2.68. The number of carbonyl (C=O) groups excluding carboxylic acids is 1. The monoisotopic (exact) mass is 348 g/mol. The Morgan fingerprint density at radius 2 is 1.92 bits per heavy atom. The number of amides is 1. The van der Waals surface area contributed by atoms with Crippen molar-refractivity contribution in [2.75, 3.05) is 5.32 Å². The van der Waals surface area contributed by atoms with E-state index in [-0.39, 0.29) is 11.4 Å². The number of halogens is 4. The molecule has 0 unspecified atom stereocenters. The van der Waals surface area contributed by atoms with Crippen molar-refractivity contribution in [3.05, 3.63) is 30.9 Å². The lowest BCUT2D eigenvalue weighted by atomic mass is 10.2. The fourth-order valence-electron chi connectivity index (χ4n) is 1.75. The van der Waals surface area contributed by atoms with Crippen molar-refractivity contribution in [2.45, 2.75) is 26.2 Å². The van der Waals surface area contributed by atoms with Crippen LogP contribution in [0.5, 0.6) is 11.5 Å². The van der Waals surface area contributed by atoms with Crippen molar-refractivity contribution in [1.29, 1.82) is 0 Å². The average molecular weight is 348 g/mol. The molecule has 130 valence electrons. The number of hydrogen-bond donors (Lipinski definition) is 1. The lowest BCUT2D eigenvalue weighted by Crippen LogP contribution is -2.24. The Hall–Kier alpha value is -2.85. The summed E-state index contributed by atoms with van der Waals surface area (Å²) in [5.41, 5.74) is -0.131. The maximum atomic E-state index is 12.5. The fourth-order valence-corrected chi connectivity index (χ4v) is 1.75. The van der Waals surface area contributed by atoms with Gasteiger partial charge in [0.1, 0.15) is 24.4 Å². The van der Waals surface area contributed by atoms with Gasteiger partial charge in [0.2, 0.25) is 5.91 Å². The zero-order valence-corrected chi connectivity index (χ0v) is 12.2. The number of rotatable bonds is 7. The summed E-state index contributed by atoms with van der Waals surface area (Å²) in [7, 11) is 0. The number of nitrogens with zero attached hydrogens (tertiary/aromatic N) is 3. The van der Waals surface area contributed by atoms with Gasteiger partial charge in [-0.05, 0) is 19.1 Å². The molecule has 1 aromatic carbocycles. The van der Waals surface area contributed by atoms with E-state index in [0.29, 0.717) is 0 Å². The minimum atomic E-state index is -3.21. The van der Waals surface area contributed by atoms with E-state index in [1.54, 1.807) is 0 Å². The number of benzene rings is 1. The average Bonchev–Trinajstić information content (AvgIpc) is 3.02. The second-order valence-electron chi connectivity index (χ2n) is 4.46. The molecule has 0 bridgehead atoms. The summed E-state index contributed by atoms with van der Waals surface area (Å²) >= 11 is 0. The van der Waals surface area contributed by atoms with E-state index >= 15 is 0 Å². The maximum absolute atomic E-state index is 12.5. The Morgan fingerprint density at radius 1 is 1.21 bits per heavy atom. The molecule has 1 atom stereocenters. The van der Waals surface area contributed by atoms with E-state index in [9.17, 15) is 22.4 Å². The molecular formula is C13H12F4N4O3. The summed E-state index contributed by atoms with van der Waals surface area (Å²) in [5.74, 6) is -1.49. The summed E-state index contributed by atoms with van der Waals surface area (Å²) in [4.78, 5) is 15.8. The molecular weight excluding hydrogens is 336 g/mol. The second kappa shape index (κ2) is 7.62. The minimum Gasteiger partial charge on any atom is -0.435 e. The van der Waals surface area contributed by atoms with Gasteiger partial charge in [-0.1, -0.05) is 0 Å². The minimum absolute atomic E-state index is 0.131. The number of hydrogen-bond acceptors (Lipinski definition) is 5. The van der Waals surface area contributed by atoms with Gasteiger partial charge in [-0.3, -0.25) is 4.79 Å². The highest BCUT2D eigenvalue weighted by Gasteiger charge is 2.19. The Morgan fingerprint density at radius 3 is 2.50 bits per heavy atom. The molecule has 0 aliphatic carbocycles. The molecule has 1 amide bonds. The Bertz CT molecular complexity index is 682. The molecule has 0 saturated heterocycles. The Kier molecular flexibility index (Phi) is 5.55. The summed E-state index contributed by atoms with van der Waals surface area (Å²) in [6.45, 7) is -4.83. The molecule has 0 saturated carbocycles. The van der Waals surface area contributed by atoms with Crippen LogP contribution in [0.1, 0.15) is 13.0 Å². The molecule has 11 heteroatoms. The molecule has 1 N–H and O–H groups in total. The van der Waals surface area contributed by atoms with Crippen LogP contribution in [0.3, 0.4) is 0 Å². The molecule has 0 spiro atoms. The smallest absolute Gasteiger partial charge is 0.387 e.